The molecule has 0 aliphatic heterocycles. The average Bonchev–Trinajstić information content (AvgIpc) is 3.05. The largest absolute Gasteiger partial charge is 0.415 e. The van der Waals surface area contributed by atoms with Crippen LogP contribution in [0.2, 0.25) is 5.02 Å². The van der Waals surface area contributed by atoms with Crippen molar-refractivity contribution in [1.29, 1.82) is 0 Å². The molecular weight excluding hydrogens is 290 g/mol. The summed E-state index contributed by atoms with van der Waals surface area (Å²) in [6.07, 6.45) is 0.821. The number of halogens is 1. The summed E-state index contributed by atoms with van der Waals surface area (Å²) in [6, 6.07) is 7.14. The van der Waals surface area contributed by atoms with Crippen molar-refractivity contribution in [2.75, 3.05) is 0 Å². The molecule has 0 aliphatic rings. The Morgan fingerprint density at radius 2 is 1.81 bits per heavy atom. The summed E-state index contributed by atoms with van der Waals surface area (Å²) in [6.45, 7) is 3.67. The number of hydrogen-bond donors (Lipinski definition) is 1. The number of hydrogen-bond acceptors (Lipinski definition) is 4. The van der Waals surface area contributed by atoms with Crippen LogP contribution in [0.5, 0.6) is 0 Å². The Kier molecular flexibility index (Phi) is 3.35. The molecule has 0 atom stereocenters. The first-order chi connectivity index (χ1) is 10.1. The van der Waals surface area contributed by atoms with Gasteiger partial charge in [-0.05, 0) is 43.7 Å². The number of nitrogens with zero attached hydrogens (tertiary/aromatic N) is 2. The molecule has 0 aliphatic carbocycles. The minimum atomic E-state index is 0.355. The van der Waals surface area contributed by atoms with E-state index in [0.717, 1.165) is 23.1 Å². The molecular formula is C15H12ClN3O2. The van der Waals surface area contributed by atoms with E-state index in [2.05, 4.69) is 15.2 Å². The lowest BCUT2D eigenvalue weighted by Crippen LogP contribution is -1.83. The second-order valence-corrected chi connectivity index (χ2v) is 5.14. The third kappa shape index (κ3) is 2.36. The SMILES string of the molecule is Cc1[nH]c(-c2nnc(-c3ccc(Cl)cc3)o2)c(C)c1C=O. The highest BCUT2D eigenvalue weighted by Gasteiger charge is 2.18. The smallest absolute Gasteiger partial charge is 0.264 e. The van der Waals surface area contributed by atoms with Crippen molar-refractivity contribution in [3.63, 3.8) is 0 Å². The van der Waals surface area contributed by atoms with Crippen molar-refractivity contribution in [1.82, 2.24) is 15.2 Å². The average molecular weight is 302 g/mol. The van der Waals surface area contributed by atoms with Crippen molar-refractivity contribution < 1.29 is 9.21 Å². The Bertz CT molecular complexity index is 803. The normalized spacial score (nSPS) is 10.8. The van der Waals surface area contributed by atoms with Crippen LogP contribution in [0.3, 0.4) is 0 Å². The van der Waals surface area contributed by atoms with Gasteiger partial charge in [-0.1, -0.05) is 11.6 Å². The minimum absolute atomic E-state index is 0.355. The van der Waals surface area contributed by atoms with Crippen LogP contribution >= 0.6 is 11.6 Å². The van der Waals surface area contributed by atoms with Crippen molar-refractivity contribution in [3.05, 3.63) is 46.1 Å². The van der Waals surface area contributed by atoms with Crippen LogP contribution in [0.4, 0.5) is 0 Å². The molecule has 1 N–H and O–H groups in total. The first kappa shape index (κ1) is 13.6. The number of aromatic nitrogens is 3. The number of nitrogens with one attached hydrogen (secondary N) is 1. The fourth-order valence-corrected chi connectivity index (χ4v) is 2.31. The van der Waals surface area contributed by atoms with Crippen LogP contribution in [0.25, 0.3) is 23.0 Å². The van der Waals surface area contributed by atoms with Crippen molar-refractivity contribution >= 4 is 17.9 Å². The Hall–Kier alpha value is -2.40. The Labute approximate surface area is 126 Å². The summed E-state index contributed by atoms with van der Waals surface area (Å²) in [7, 11) is 0. The number of aldehydes is 1. The predicted octanol–water partition coefficient (Wildman–Crippen LogP) is 3.81. The summed E-state index contributed by atoms with van der Waals surface area (Å²) >= 11 is 5.85. The molecule has 0 amide bonds. The number of aromatic amines is 1. The molecule has 1 aromatic carbocycles. The van der Waals surface area contributed by atoms with Gasteiger partial charge in [-0.3, -0.25) is 4.79 Å². The van der Waals surface area contributed by atoms with E-state index in [1.165, 1.54) is 0 Å². The molecule has 0 saturated heterocycles. The summed E-state index contributed by atoms with van der Waals surface area (Å²) in [5.74, 6) is 0.759. The maximum atomic E-state index is 11.1. The van der Waals surface area contributed by atoms with Crippen molar-refractivity contribution in [2.24, 2.45) is 0 Å². The van der Waals surface area contributed by atoms with Gasteiger partial charge in [-0.25, -0.2) is 0 Å². The van der Waals surface area contributed by atoms with E-state index in [1.807, 2.05) is 26.0 Å². The molecule has 3 aromatic rings. The number of H-pyrrole nitrogens is 1. The van der Waals surface area contributed by atoms with Crippen molar-refractivity contribution in [3.8, 4) is 23.0 Å². The molecule has 0 fully saturated rings. The third-order valence-corrected chi connectivity index (χ3v) is 3.60. The van der Waals surface area contributed by atoms with Gasteiger partial charge in [0.05, 0.1) is 0 Å². The lowest BCUT2D eigenvalue weighted by molar-refractivity contribution is 0.112. The monoisotopic (exact) mass is 301 g/mol. The predicted molar refractivity (Wildman–Crippen MR) is 79.4 cm³/mol. The summed E-state index contributed by atoms with van der Waals surface area (Å²) in [5.41, 5.74) is 3.66. The fourth-order valence-electron chi connectivity index (χ4n) is 2.19. The van der Waals surface area contributed by atoms with E-state index < -0.39 is 0 Å². The molecule has 2 heterocycles. The fraction of sp³-hybridized carbons (Fsp3) is 0.133. The molecule has 2 aromatic heterocycles. The Balaban J connectivity index is 2.02. The van der Waals surface area contributed by atoms with Crippen LogP contribution in [0.15, 0.2) is 28.7 Å². The Morgan fingerprint density at radius 1 is 1.14 bits per heavy atom. The van der Waals surface area contributed by atoms with Gasteiger partial charge in [0.1, 0.15) is 5.69 Å². The van der Waals surface area contributed by atoms with Crippen LogP contribution in [0, 0.1) is 13.8 Å². The first-order valence-electron chi connectivity index (χ1n) is 6.34. The van der Waals surface area contributed by atoms with E-state index >= 15 is 0 Å². The van der Waals surface area contributed by atoms with E-state index in [1.54, 1.807) is 12.1 Å². The first-order valence-corrected chi connectivity index (χ1v) is 6.72. The minimum Gasteiger partial charge on any atom is -0.415 e. The highest BCUT2D eigenvalue weighted by Crippen LogP contribution is 2.28. The summed E-state index contributed by atoms with van der Waals surface area (Å²) in [5, 5.41) is 8.71. The number of benzene rings is 1. The molecule has 0 saturated carbocycles. The van der Waals surface area contributed by atoms with Crippen LogP contribution < -0.4 is 0 Å². The van der Waals surface area contributed by atoms with Crippen LogP contribution in [-0.2, 0) is 0 Å². The number of carbonyl (C=O) groups is 1. The van der Waals surface area contributed by atoms with Gasteiger partial charge in [0, 0.05) is 21.8 Å². The highest BCUT2D eigenvalue weighted by molar-refractivity contribution is 6.30. The zero-order valence-electron chi connectivity index (χ0n) is 11.5. The molecule has 0 unspecified atom stereocenters. The van der Waals surface area contributed by atoms with Gasteiger partial charge in [0.25, 0.3) is 5.89 Å². The van der Waals surface area contributed by atoms with E-state index in [4.69, 9.17) is 16.0 Å². The number of rotatable bonds is 3. The third-order valence-electron chi connectivity index (χ3n) is 3.34. The molecule has 21 heavy (non-hydrogen) atoms. The van der Waals surface area contributed by atoms with Gasteiger partial charge < -0.3 is 9.40 Å². The second kappa shape index (κ2) is 5.18. The van der Waals surface area contributed by atoms with Gasteiger partial charge >= 0.3 is 0 Å². The molecule has 106 valence electrons. The molecule has 6 heteroatoms. The topological polar surface area (TPSA) is 71.8 Å². The molecule has 0 radical (unpaired) electrons. The zero-order chi connectivity index (χ0) is 15.0. The maximum absolute atomic E-state index is 11.1. The van der Waals surface area contributed by atoms with Gasteiger partial charge in [0.2, 0.25) is 5.89 Å². The van der Waals surface area contributed by atoms with Gasteiger partial charge in [0.15, 0.2) is 6.29 Å². The summed E-state index contributed by atoms with van der Waals surface area (Å²) < 4.78 is 5.68. The Morgan fingerprint density at radius 3 is 2.43 bits per heavy atom. The maximum Gasteiger partial charge on any atom is 0.264 e. The number of aryl methyl sites for hydroxylation is 1. The standard InChI is InChI=1S/C15H12ClN3O2/c1-8-12(7-20)9(2)17-13(8)15-19-18-14(21-15)10-3-5-11(16)6-4-10/h3-7,17H,1-2H3. The molecule has 0 bridgehead atoms. The second-order valence-electron chi connectivity index (χ2n) is 4.70. The van der Waals surface area contributed by atoms with E-state index in [-0.39, 0.29) is 0 Å². The van der Waals surface area contributed by atoms with E-state index in [9.17, 15) is 4.79 Å². The van der Waals surface area contributed by atoms with E-state index in [0.29, 0.717) is 28.1 Å². The zero-order valence-corrected chi connectivity index (χ0v) is 12.2. The number of carbonyl (C=O) groups excluding carboxylic acids is 1. The summed E-state index contributed by atoms with van der Waals surface area (Å²) in [4.78, 5) is 14.2. The molecule has 0 spiro atoms. The van der Waals surface area contributed by atoms with Crippen molar-refractivity contribution in [2.45, 2.75) is 13.8 Å². The van der Waals surface area contributed by atoms with Crippen LogP contribution in [0.1, 0.15) is 21.6 Å². The molecule has 3 rings (SSSR count). The molecule has 5 nitrogen and oxygen atoms in total. The lowest BCUT2D eigenvalue weighted by atomic mass is 10.1. The lowest BCUT2D eigenvalue weighted by Gasteiger charge is -1.95. The van der Waals surface area contributed by atoms with Gasteiger partial charge in [-0.15, -0.1) is 10.2 Å². The van der Waals surface area contributed by atoms with Crippen LogP contribution in [-0.4, -0.2) is 21.5 Å². The quantitative estimate of drug-likeness (QED) is 0.747. The van der Waals surface area contributed by atoms with Gasteiger partial charge in [-0.2, -0.15) is 0 Å². The highest BCUT2D eigenvalue weighted by atomic mass is 35.5.